The Kier molecular flexibility index (Phi) is 3.78. The summed E-state index contributed by atoms with van der Waals surface area (Å²) in [7, 11) is 0. The number of likely N-dealkylation sites (tertiary alicyclic amines) is 1. The van der Waals surface area contributed by atoms with Gasteiger partial charge in [0.15, 0.2) is 0 Å². The van der Waals surface area contributed by atoms with E-state index >= 15 is 0 Å². The molecular formula is C15H17N3OS. The molecule has 0 aliphatic carbocycles. The summed E-state index contributed by atoms with van der Waals surface area (Å²) in [5.74, 6) is 1.41. The van der Waals surface area contributed by atoms with E-state index in [9.17, 15) is 4.79 Å². The molecule has 1 aliphatic rings. The second-order valence-electron chi connectivity index (χ2n) is 5.14. The lowest BCUT2D eigenvalue weighted by Gasteiger charge is -2.16. The number of carbonyl (C=O) groups is 1. The number of aromatic nitrogens is 2. The minimum atomic E-state index is 0.236. The van der Waals surface area contributed by atoms with E-state index in [1.807, 2.05) is 34.0 Å². The average Bonchev–Trinajstić information content (AvgIpc) is 3.10. The maximum atomic E-state index is 11.9. The zero-order valence-corrected chi connectivity index (χ0v) is 12.0. The van der Waals surface area contributed by atoms with Gasteiger partial charge in [-0.25, -0.2) is 4.68 Å². The van der Waals surface area contributed by atoms with Gasteiger partial charge >= 0.3 is 0 Å². The van der Waals surface area contributed by atoms with E-state index in [0.29, 0.717) is 18.9 Å². The number of nitrogens with zero attached hydrogens (tertiary/aromatic N) is 3. The predicted octanol–water partition coefficient (Wildman–Crippen LogP) is 2.15. The summed E-state index contributed by atoms with van der Waals surface area (Å²) in [6, 6.07) is 10.1. The molecule has 2 aromatic rings. The second kappa shape index (κ2) is 5.71. The van der Waals surface area contributed by atoms with Crippen LogP contribution in [0.25, 0.3) is 5.69 Å². The SMILES string of the molecule is O=C1CC(CS)CN1Cc1ccc(-n2cccn2)cc1. The van der Waals surface area contributed by atoms with Crippen molar-refractivity contribution >= 4 is 18.5 Å². The van der Waals surface area contributed by atoms with Gasteiger partial charge in [0.25, 0.3) is 0 Å². The van der Waals surface area contributed by atoms with Crippen LogP contribution in [0.1, 0.15) is 12.0 Å². The Hall–Kier alpha value is -1.75. The highest BCUT2D eigenvalue weighted by atomic mass is 32.1. The maximum absolute atomic E-state index is 11.9. The predicted molar refractivity (Wildman–Crippen MR) is 80.9 cm³/mol. The number of rotatable bonds is 4. The first-order valence-electron chi connectivity index (χ1n) is 6.74. The first kappa shape index (κ1) is 13.2. The highest BCUT2D eigenvalue weighted by Gasteiger charge is 2.28. The van der Waals surface area contributed by atoms with Crippen molar-refractivity contribution in [1.82, 2.24) is 14.7 Å². The zero-order chi connectivity index (χ0) is 13.9. The van der Waals surface area contributed by atoms with Crippen molar-refractivity contribution in [2.24, 2.45) is 5.92 Å². The number of hydrogen-bond acceptors (Lipinski definition) is 3. The van der Waals surface area contributed by atoms with Crippen molar-refractivity contribution in [3.63, 3.8) is 0 Å². The van der Waals surface area contributed by atoms with Crippen LogP contribution in [0.2, 0.25) is 0 Å². The number of benzene rings is 1. The second-order valence-corrected chi connectivity index (χ2v) is 5.51. The summed E-state index contributed by atoms with van der Waals surface area (Å²) in [4.78, 5) is 13.8. The van der Waals surface area contributed by atoms with Crippen molar-refractivity contribution in [2.45, 2.75) is 13.0 Å². The van der Waals surface area contributed by atoms with Gasteiger partial charge in [0.05, 0.1) is 5.69 Å². The van der Waals surface area contributed by atoms with Crippen molar-refractivity contribution in [3.8, 4) is 5.69 Å². The number of thiol groups is 1. The molecule has 5 heteroatoms. The Balaban J connectivity index is 1.68. The van der Waals surface area contributed by atoms with E-state index in [1.54, 1.807) is 6.20 Å². The van der Waals surface area contributed by atoms with Gasteiger partial charge in [0.2, 0.25) is 5.91 Å². The molecule has 0 spiro atoms. The van der Waals surface area contributed by atoms with Crippen LogP contribution >= 0.6 is 12.6 Å². The fraction of sp³-hybridized carbons (Fsp3) is 0.333. The standard InChI is InChI=1S/C15H17N3OS/c19-15-8-13(11-20)10-17(15)9-12-2-4-14(5-3-12)18-7-1-6-16-18/h1-7,13,20H,8-11H2. The average molecular weight is 287 g/mol. The minimum Gasteiger partial charge on any atom is -0.338 e. The molecule has 1 atom stereocenters. The van der Waals surface area contributed by atoms with Crippen LogP contribution in [0.5, 0.6) is 0 Å². The summed E-state index contributed by atoms with van der Waals surface area (Å²) < 4.78 is 1.82. The van der Waals surface area contributed by atoms with E-state index in [0.717, 1.165) is 23.5 Å². The molecule has 1 aliphatic heterocycles. The van der Waals surface area contributed by atoms with Crippen LogP contribution in [0.4, 0.5) is 0 Å². The minimum absolute atomic E-state index is 0.236. The Morgan fingerprint density at radius 1 is 1.30 bits per heavy atom. The summed E-state index contributed by atoms with van der Waals surface area (Å²) in [5, 5.41) is 4.20. The topological polar surface area (TPSA) is 38.1 Å². The molecule has 4 nitrogen and oxygen atoms in total. The van der Waals surface area contributed by atoms with Crippen LogP contribution < -0.4 is 0 Å². The highest BCUT2D eigenvalue weighted by Crippen LogP contribution is 2.21. The first-order valence-corrected chi connectivity index (χ1v) is 7.37. The van der Waals surface area contributed by atoms with Crippen LogP contribution in [-0.2, 0) is 11.3 Å². The molecule has 0 bridgehead atoms. The molecule has 0 saturated carbocycles. The molecule has 104 valence electrons. The monoisotopic (exact) mass is 287 g/mol. The molecule has 20 heavy (non-hydrogen) atoms. The smallest absolute Gasteiger partial charge is 0.223 e. The Bertz CT molecular complexity index is 580. The zero-order valence-electron chi connectivity index (χ0n) is 11.1. The largest absolute Gasteiger partial charge is 0.338 e. The van der Waals surface area contributed by atoms with Crippen molar-refractivity contribution in [3.05, 3.63) is 48.3 Å². The summed E-state index contributed by atoms with van der Waals surface area (Å²) in [6.07, 6.45) is 4.31. The molecule has 1 aromatic carbocycles. The lowest BCUT2D eigenvalue weighted by atomic mass is 10.1. The van der Waals surface area contributed by atoms with Gasteiger partial charge in [-0.2, -0.15) is 17.7 Å². The van der Waals surface area contributed by atoms with Crippen LogP contribution in [0.15, 0.2) is 42.7 Å². The Labute approximate surface area is 123 Å². The molecule has 1 saturated heterocycles. The summed E-state index contributed by atoms with van der Waals surface area (Å²) in [6.45, 7) is 1.51. The van der Waals surface area contributed by atoms with Crippen LogP contribution in [0.3, 0.4) is 0 Å². The van der Waals surface area contributed by atoms with Gasteiger partial charge in [-0.15, -0.1) is 0 Å². The molecule has 2 heterocycles. The van der Waals surface area contributed by atoms with Gasteiger partial charge in [-0.3, -0.25) is 4.79 Å². The Morgan fingerprint density at radius 3 is 2.70 bits per heavy atom. The first-order chi connectivity index (χ1) is 9.76. The number of hydrogen-bond donors (Lipinski definition) is 1. The van der Waals surface area contributed by atoms with Crippen LogP contribution in [0, 0.1) is 5.92 Å². The third kappa shape index (κ3) is 2.72. The number of amides is 1. The highest BCUT2D eigenvalue weighted by molar-refractivity contribution is 7.80. The van der Waals surface area contributed by atoms with Crippen molar-refractivity contribution in [1.29, 1.82) is 0 Å². The fourth-order valence-corrected chi connectivity index (χ4v) is 2.77. The third-order valence-electron chi connectivity index (χ3n) is 3.63. The molecule has 1 unspecified atom stereocenters. The van der Waals surface area contributed by atoms with E-state index in [-0.39, 0.29) is 5.91 Å². The molecule has 0 radical (unpaired) electrons. The number of carbonyl (C=O) groups excluding carboxylic acids is 1. The van der Waals surface area contributed by atoms with E-state index in [1.165, 1.54) is 0 Å². The van der Waals surface area contributed by atoms with E-state index < -0.39 is 0 Å². The lowest BCUT2D eigenvalue weighted by Crippen LogP contribution is -2.24. The third-order valence-corrected chi connectivity index (χ3v) is 4.15. The summed E-state index contributed by atoms with van der Waals surface area (Å²) >= 11 is 4.28. The van der Waals surface area contributed by atoms with Gasteiger partial charge in [0, 0.05) is 31.9 Å². The van der Waals surface area contributed by atoms with Crippen molar-refractivity contribution < 1.29 is 4.79 Å². The molecule has 0 N–H and O–H groups in total. The van der Waals surface area contributed by atoms with Gasteiger partial charge in [-0.1, -0.05) is 12.1 Å². The van der Waals surface area contributed by atoms with E-state index in [4.69, 9.17) is 0 Å². The quantitative estimate of drug-likeness (QED) is 0.875. The van der Waals surface area contributed by atoms with Gasteiger partial charge < -0.3 is 4.90 Å². The van der Waals surface area contributed by atoms with Gasteiger partial charge in [0.1, 0.15) is 0 Å². The maximum Gasteiger partial charge on any atom is 0.223 e. The molecule has 1 aromatic heterocycles. The normalized spacial score (nSPS) is 18.8. The Morgan fingerprint density at radius 2 is 2.10 bits per heavy atom. The van der Waals surface area contributed by atoms with E-state index in [2.05, 4.69) is 29.9 Å². The molecule has 1 fully saturated rings. The van der Waals surface area contributed by atoms with Crippen molar-refractivity contribution in [2.75, 3.05) is 12.3 Å². The summed E-state index contributed by atoms with van der Waals surface area (Å²) in [5.41, 5.74) is 2.17. The van der Waals surface area contributed by atoms with Crippen LogP contribution in [-0.4, -0.2) is 32.9 Å². The molecular weight excluding hydrogens is 270 g/mol. The van der Waals surface area contributed by atoms with Gasteiger partial charge in [-0.05, 0) is 35.4 Å². The fourth-order valence-electron chi connectivity index (χ4n) is 2.53. The molecule has 3 rings (SSSR count). The lowest BCUT2D eigenvalue weighted by molar-refractivity contribution is -0.128. The molecule has 1 amide bonds.